The Morgan fingerprint density at radius 3 is 2.48 bits per heavy atom. The first kappa shape index (κ1) is 26.5. The molecule has 0 unspecified atom stereocenters. The summed E-state index contributed by atoms with van der Waals surface area (Å²) in [6.07, 6.45) is 1.34. The molecule has 1 fully saturated rings. The Balaban J connectivity index is 1.17. The number of ketones is 1. The molecule has 2 aliphatic heterocycles. The fraction of sp³-hybridized carbons (Fsp3) is 0.214. The highest BCUT2D eigenvalue weighted by Crippen LogP contribution is 2.32. The molecule has 40 heavy (non-hydrogen) atoms. The molecule has 3 amide bonds. The Bertz CT molecular complexity index is 1500. The molecule has 0 saturated carbocycles. The van der Waals surface area contributed by atoms with E-state index < -0.39 is 22.6 Å². The van der Waals surface area contributed by atoms with E-state index in [2.05, 4.69) is 50.8 Å². The number of anilines is 3. The first-order valence-corrected chi connectivity index (χ1v) is 12.7. The normalized spacial score (nSPS) is 15.4. The Kier molecular flexibility index (Phi) is 7.51. The van der Waals surface area contributed by atoms with E-state index in [0.29, 0.717) is 23.6 Å². The zero-order valence-electron chi connectivity index (χ0n) is 21.7. The molecule has 3 aromatic carbocycles. The van der Waals surface area contributed by atoms with E-state index in [0.717, 1.165) is 26.2 Å². The first-order chi connectivity index (χ1) is 19.3. The molecule has 2 heterocycles. The third-order valence-corrected chi connectivity index (χ3v) is 6.79. The molecule has 12 heteroatoms. The number of nitrogens with one attached hydrogen (secondary N) is 2. The molecule has 2 aliphatic rings. The summed E-state index contributed by atoms with van der Waals surface area (Å²) in [4.78, 5) is 54.0. The van der Waals surface area contributed by atoms with Gasteiger partial charge in [0.25, 0.3) is 11.5 Å². The van der Waals surface area contributed by atoms with Crippen LogP contribution < -0.4 is 20.5 Å². The molecule has 0 atom stereocenters. The number of carbonyl (C=O) groups excluding carboxylic acids is 3. The molecule has 0 spiro atoms. The Morgan fingerprint density at radius 1 is 1.02 bits per heavy atom. The van der Waals surface area contributed by atoms with E-state index in [1.54, 1.807) is 12.1 Å². The predicted octanol–water partition coefficient (Wildman–Crippen LogP) is 3.37. The van der Waals surface area contributed by atoms with Gasteiger partial charge in [-0.25, -0.2) is 10.2 Å². The van der Waals surface area contributed by atoms with Crippen molar-refractivity contribution in [1.82, 2.24) is 10.3 Å². The minimum atomic E-state index is -0.654. The maximum absolute atomic E-state index is 12.8. The van der Waals surface area contributed by atoms with Crippen LogP contribution in [0.4, 0.5) is 27.5 Å². The number of nitrogens with zero attached hydrogens (tertiary/aromatic N) is 5. The number of carbonyl (C=O) groups is 3. The number of hydrazone groups is 1. The van der Waals surface area contributed by atoms with Gasteiger partial charge in [-0.2, -0.15) is 5.10 Å². The fourth-order valence-corrected chi connectivity index (χ4v) is 4.70. The second kappa shape index (κ2) is 11.3. The van der Waals surface area contributed by atoms with Crippen molar-refractivity contribution < 1.29 is 19.3 Å². The highest BCUT2D eigenvalue weighted by Gasteiger charge is 2.37. The molecule has 0 aromatic heterocycles. The molecular weight excluding hydrogens is 514 g/mol. The Hall–Kier alpha value is -5.10. The summed E-state index contributed by atoms with van der Waals surface area (Å²) in [6.45, 7) is 5.51. The van der Waals surface area contributed by atoms with E-state index >= 15 is 0 Å². The van der Waals surface area contributed by atoms with Gasteiger partial charge in [0.1, 0.15) is 0 Å². The number of fused-ring (bicyclic) bond motifs is 1. The lowest BCUT2D eigenvalue weighted by Crippen LogP contribution is -2.51. The number of aryl methyl sites for hydroxylation is 1. The third kappa shape index (κ3) is 5.81. The number of nitro benzene ring substituents is 1. The number of hydrogen-bond acceptors (Lipinski definition) is 8. The van der Waals surface area contributed by atoms with Crippen LogP contribution in [0.5, 0.6) is 0 Å². The Morgan fingerprint density at radius 2 is 1.77 bits per heavy atom. The number of benzene rings is 3. The van der Waals surface area contributed by atoms with Gasteiger partial charge in [-0.1, -0.05) is 12.1 Å². The van der Waals surface area contributed by atoms with Crippen LogP contribution in [0, 0.1) is 17.0 Å². The summed E-state index contributed by atoms with van der Waals surface area (Å²) in [7, 11) is 0. The maximum Gasteiger partial charge on any atom is 0.339 e. The van der Waals surface area contributed by atoms with Gasteiger partial charge in [-0.3, -0.25) is 29.5 Å². The zero-order valence-corrected chi connectivity index (χ0v) is 21.7. The SMILES string of the molecule is Cc1cccc(N2CCN(CN3C(=O)C(=O)c4cc(NC(=O)N/N=C/c5ccc([N+](=O)[O-])cc5)ccc43)CC2)c1. The summed E-state index contributed by atoms with van der Waals surface area (Å²) in [5.74, 6) is -1.21. The summed E-state index contributed by atoms with van der Waals surface area (Å²) in [5.41, 5.74) is 6.27. The lowest BCUT2D eigenvalue weighted by molar-refractivity contribution is -0.384. The van der Waals surface area contributed by atoms with Gasteiger partial charge < -0.3 is 10.2 Å². The van der Waals surface area contributed by atoms with Crippen LogP contribution >= 0.6 is 0 Å². The molecule has 3 aromatic rings. The van der Waals surface area contributed by atoms with Gasteiger partial charge in [0.15, 0.2) is 0 Å². The van der Waals surface area contributed by atoms with Crippen molar-refractivity contribution in [3.63, 3.8) is 0 Å². The topological polar surface area (TPSA) is 140 Å². The van der Waals surface area contributed by atoms with Gasteiger partial charge in [0.2, 0.25) is 0 Å². The van der Waals surface area contributed by atoms with E-state index in [4.69, 9.17) is 0 Å². The number of non-ortho nitro benzene ring substituents is 1. The fourth-order valence-electron chi connectivity index (χ4n) is 4.70. The summed E-state index contributed by atoms with van der Waals surface area (Å²) in [5, 5.41) is 17.1. The van der Waals surface area contributed by atoms with Crippen molar-refractivity contribution in [3.05, 3.63) is 93.5 Å². The number of nitro groups is 1. The van der Waals surface area contributed by atoms with E-state index in [1.807, 2.05) is 6.07 Å². The predicted molar refractivity (Wildman–Crippen MR) is 151 cm³/mol. The number of rotatable bonds is 7. The summed E-state index contributed by atoms with van der Waals surface area (Å²) >= 11 is 0. The minimum absolute atomic E-state index is 0.0493. The highest BCUT2D eigenvalue weighted by atomic mass is 16.6. The molecular formula is C28H27N7O5. The number of piperazine rings is 1. The molecule has 1 saturated heterocycles. The van der Waals surface area contributed by atoms with Crippen molar-refractivity contribution in [2.24, 2.45) is 5.10 Å². The third-order valence-electron chi connectivity index (χ3n) is 6.79. The standard InChI is InChI=1S/C28H27N7O5/c1-19-3-2-4-23(15-19)33-13-11-32(12-14-33)18-34-25-10-7-21(16-24(25)26(36)27(34)37)30-28(38)31-29-17-20-5-8-22(9-6-20)35(39)40/h2-10,15-17H,11-14,18H2,1H3,(H2,30,31,38)/b29-17+. The van der Waals surface area contributed by atoms with Crippen LogP contribution in [0.15, 0.2) is 71.8 Å². The molecule has 0 bridgehead atoms. The lowest BCUT2D eigenvalue weighted by atomic mass is 10.1. The highest BCUT2D eigenvalue weighted by molar-refractivity contribution is 6.52. The van der Waals surface area contributed by atoms with Crippen molar-refractivity contribution in [3.8, 4) is 0 Å². The maximum atomic E-state index is 12.8. The van der Waals surface area contributed by atoms with Crippen molar-refractivity contribution in [1.29, 1.82) is 0 Å². The van der Waals surface area contributed by atoms with Crippen LogP contribution in [0.3, 0.4) is 0 Å². The van der Waals surface area contributed by atoms with Crippen LogP contribution in [0.2, 0.25) is 0 Å². The van der Waals surface area contributed by atoms with Crippen LogP contribution in [-0.4, -0.2) is 66.6 Å². The van der Waals surface area contributed by atoms with Gasteiger partial charge >= 0.3 is 11.9 Å². The average Bonchev–Trinajstić information content (AvgIpc) is 3.18. The first-order valence-electron chi connectivity index (χ1n) is 12.7. The van der Waals surface area contributed by atoms with Crippen molar-refractivity contribution >= 4 is 46.7 Å². The van der Waals surface area contributed by atoms with Crippen LogP contribution in [0.25, 0.3) is 0 Å². The molecule has 204 valence electrons. The minimum Gasteiger partial charge on any atom is -0.369 e. The lowest BCUT2D eigenvalue weighted by Gasteiger charge is -2.37. The smallest absolute Gasteiger partial charge is 0.339 e. The van der Waals surface area contributed by atoms with Gasteiger partial charge in [0, 0.05) is 49.7 Å². The number of Topliss-reactive ketones (excluding diaryl/α,β-unsaturated/α-hetero) is 1. The number of hydrogen-bond donors (Lipinski definition) is 2. The Labute approximate surface area is 230 Å². The molecule has 12 nitrogen and oxygen atoms in total. The van der Waals surface area contributed by atoms with Gasteiger partial charge in [-0.05, 0) is 60.5 Å². The molecule has 5 rings (SSSR count). The molecule has 0 radical (unpaired) electrons. The second-order valence-corrected chi connectivity index (χ2v) is 9.55. The summed E-state index contributed by atoms with van der Waals surface area (Å²) < 4.78 is 0. The number of amides is 3. The van der Waals surface area contributed by atoms with Crippen molar-refractivity contribution in [2.45, 2.75) is 6.92 Å². The van der Waals surface area contributed by atoms with E-state index in [1.165, 1.54) is 52.7 Å². The second-order valence-electron chi connectivity index (χ2n) is 9.55. The number of urea groups is 1. The van der Waals surface area contributed by atoms with Gasteiger partial charge in [0.05, 0.1) is 29.1 Å². The van der Waals surface area contributed by atoms with E-state index in [-0.39, 0.29) is 11.3 Å². The molecule has 2 N–H and O–H groups in total. The quantitative estimate of drug-likeness (QED) is 0.202. The van der Waals surface area contributed by atoms with Crippen LogP contribution in [-0.2, 0) is 4.79 Å². The largest absolute Gasteiger partial charge is 0.369 e. The molecule has 0 aliphatic carbocycles. The monoisotopic (exact) mass is 541 g/mol. The van der Waals surface area contributed by atoms with Crippen molar-refractivity contribution in [2.75, 3.05) is 48.0 Å². The van der Waals surface area contributed by atoms with Gasteiger partial charge in [-0.15, -0.1) is 0 Å². The average molecular weight is 542 g/mol. The zero-order chi connectivity index (χ0) is 28.2. The summed E-state index contributed by atoms with van der Waals surface area (Å²) in [6, 6.07) is 18.1. The van der Waals surface area contributed by atoms with Crippen LogP contribution in [0.1, 0.15) is 21.5 Å². The van der Waals surface area contributed by atoms with E-state index in [9.17, 15) is 24.5 Å².